The molecule has 0 aliphatic rings. The monoisotopic (exact) mass is 284 g/mol. The summed E-state index contributed by atoms with van der Waals surface area (Å²) in [6.45, 7) is 0. The molecule has 0 bridgehead atoms. The van der Waals surface area contributed by atoms with E-state index in [1.54, 1.807) is 0 Å². The molecule has 7 nitrogen and oxygen atoms in total. The Morgan fingerprint density at radius 2 is 1.65 bits per heavy atom. The van der Waals surface area contributed by atoms with Gasteiger partial charge in [0, 0.05) is 0 Å². The average Bonchev–Trinajstić information content (AvgIpc) is 2.14. The second-order valence-electron chi connectivity index (χ2n) is 3.22. The maximum absolute atomic E-state index is 11.1. The van der Waals surface area contributed by atoms with Gasteiger partial charge >= 0.3 is 132 Å². The molecule has 0 spiro atoms. The number of hydrogen-bond donors (Lipinski definition) is 3. The first-order chi connectivity index (χ1) is 7.66. The minimum atomic E-state index is -4.91. The van der Waals surface area contributed by atoms with Crippen molar-refractivity contribution in [3.05, 3.63) is 23.3 Å². The number of carboxylic acid groups (broad SMARTS) is 2. The Labute approximate surface area is 130 Å². The van der Waals surface area contributed by atoms with Crippen LogP contribution in [0.4, 0.5) is 0 Å². The van der Waals surface area contributed by atoms with Crippen molar-refractivity contribution in [3.63, 3.8) is 0 Å². The van der Waals surface area contributed by atoms with E-state index in [0.29, 0.717) is 0 Å². The number of rotatable bonds is 3. The second-order valence-corrected chi connectivity index (χ2v) is 6.26. The summed E-state index contributed by atoms with van der Waals surface area (Å²) in [5.74, 6) is -3.20. The van der Waals surface area contributed by atoms with Gasteiger partial charge in [-0.2, -0.15) is 0 Å². The van der Waals surface area contributed by atoms with Gasteiger partial charge < -0.3 is 0 Å². The van der Waals surface area contributed by atoms with Gasteiger partial charge in [-0.25, -0.2) is 0 Å². The van der Waals surface area contributed by atoms with E-state index in [9.17, 15) is 18.0 Å². The van der Waals surface area contributed by atoms with Crippen LogP contribution in [0, 0.1) is 0 Å². The van der Waals surface area contributed by atoms with Crippen molar-refractivity contribution in [2.75, 3.05) is 0 Å². The topological polar surface area (TPSA) is 129 Å². The molecule has 1 aromatic carbocycles. The van der Waals surface area contributed by atoms with E-state index in [1.807, 2.05) is 0 Å². The van der Waals surface area contributed by atoms with Crippen LogP contribution in [0.15, 0.2) is 17.0 Å². The van der Waals surface area contributed by atoms with Gasteiger partial charge in [-0.05, 0) is 0 Å². The molecule has 9 heteroatoms. The number of carbonyl (C=O) groups is 2. The summed E-state index contributed by atoms with van der Waals surface area (Å²) in [4.78, 5) is 20.7. The van der Waals surface area contributed by atoms with E-state index >= 15 is 0 Å². The second kappa shape index (κ2) is 5.14. The molecule has 0 radical (unpaired) electrons. The third-order valence-electron chi connectivity index (χ3n) is 2.07. The molecule has 0 heterocycles. The molecule has 0 saturated heterocycles. The first kappa shape index (κ1) is 14.8. The molecule has 0 saturated carbocycles. The van der Waals surface area contributed by atoms with Gasteiger partial charge in [0.25, 0.3) is 0 Å². The predicted molar refractivity (Wildman–Crippen MR) is 55.6 cm³/mol. The fourth-order valence-electron chi connectivity index (χ4n) is 1.38. The zero-order valence-electron chi connectivity index (χ0n) is 8.54. The first-order valence-corrected chi connectivity index (χ1v) is 7.24. The van der Waals surface area contributed by atoms with Gasteiger partial charge in [-0.1, -0.05) is 0 Å². The number of hydrogen-bond acceptors (Lipinski definition) is 4. The molecule has 0 aliphatic carbocycles. The summed E-state index contributed by atoms with van der Waals surface area (Å²) >= 11 is -0.183. The van der Waals surface area contributed by atoms with Crippen LogP contribution in [-0.4, -0.2) is 84.1 Å². The molecule has 3 N–H and O–H groups in total. The SMILES string of the molecule is O=C(O)c1cc[c]([K])c(C(=O)O)c1S(=O)(=O)O. The zero-order chi connectivity index (χ0) is 13.4. The van der Waals surface area contributed by atoms with Crippen LogP contribution in [0.5, 0.6) is 0 Å². The Bertz CT molecular complexity index is 605. The van der Waals surface area contributed by atoms with Crippen LogP contribution < -0.4 is -0.342 Å². The summed E-state index contributed by atoms with van der Waals surface area (Å²) in [7, 11) is -4.91. The van der Waals surface area contributed by atoms with E-state index < -0.39 is 38.1 Å². The summed E-state index contributed by atoms with van der Waals surface area (Å²) in [6.07, 6.45) is 0. The summed E-state index contributed by atoms with van der Waals surface area (Å²) < 4.78 is 31.3. The molecule has 1 aromatic rings. The molecular weight excluding hydrogens is 279 g/mol. The number of benzene rings is 1. The normalized spacial score (nSPS) is 11.2. The van der Waals surface area contributed by atoms with Gasteiger partial charge in [0.15, 0.2) is 0 Å². The van der Waals surface area contributed by atoms with Gasteiger partial charge in [0.2, 0.25) is 0 Å². The molecule has 0 amide bonds. The third-order valence-corrected chi connectivity index (χ3v) is 4.31. The van der Waals surface area contributed by atoms with Gasteiger partial charge in [0.1, 0.15) is 0 Å². The van der Waals surface area contributed by atoms with Gasteiger partial charge in [0.05, 0.1) is 0 Å². The van der Waals surface area contributed by atoms with Crippen molar-refractivity contribution in [1.29, 1.82) is 0 Å². The van der Waals surface area contributed by atoms with E-state index in [2.05, 4.69) is 0 Å². The maximum atomic E-state index is 11.1. The van der Waals surface area contributed by atoms with Crippen LogP contribution >= 0.6 is 0 Å². The molecular formula is C8H5KO7S. The van der Waals surface area contributed by atoms with Crippen LogP contribution in [0.25, 0.3) is 0 Å². The van der Waals surface area contributed by atoms with Crippen molar-refractivity contribution in [2.45, 2.75) is 4.90 Å². The Kier molecular flexibility index (Phi) is 4.47. The van der Waals surface area contributed by atoms with Crippen LogP contribution in [0.3, 0.4) is 0 Å². The van der Waals surface area contributed by atoms with Crippen molar-refractivity contribution in [3.8, 4) is 0 Å². The Morgan fingerprint density at radius 1 is 1.12 bits per heavy atom. The molecule has 1 rings (SSSR count). The van der Waals surface area contributed by atoms with E-state index in [-0.39, 0.29) is 48.6 Å². The predicted octanol–water partition coefficient (Wildman–Crippen LogP) is -0.876. The van der Waals surface area contributed by atoms with E-state index in [0.717, 1.165) is 6.07 Å². The average molecular weight is 284 g/mol. The quantitative estimate of drug-likeness (QED) is 0.485. The third kappa shape index (κ3) is 3.13. The summed E-state index contributed by atoms with van der Waals surface area (Å²) in [5, 5.41) is 17.7. The van der Waals surface area contributed by atoms with Gasteiger partial charge in [-0.3, -0.25) is 0 Å². The molecule has 0 atom stereocenters. The van der Waals surface area contributed by atoms with E-state index in [1.165, 1.54) is 6.07 Å². The fraction of sp³-hybridized carbons (Fsp3) is 0. The molecule has 0 aromatic heterocycles. The molecule has 0 aliphatic heterocycles. The zero-order valence-corrected chi connectivity index (χ0v) is 12.5. The minimum absolute atomic E-state index is 0.183. The van der Waals surface area contributed by atoms with Crippen LogP contribution in [0.2, 0.25) is 0 Å². The Hall–Kier alpha value is -0.294. The van der Waals surface area contributed by atoms with Crippen molar-refractivity contribution >= 4 is 70.7 Å². The van der Waals surface area contributed by atoms with Crippen LogP contribution in [-0.2, 0) is 10.1 Å². The van der Waals surface area contributed by atoms with Crippen molar-refractivity contribution < 1.29 is 32.8 Å². The molecule has 0 unspecified atom stereocenters. The van der Waals surface area contributed by atoms with Crippen molar-refractivity contribution in [1.82, 2.24) is 0 Å². The summed E-state index contributed by atoms with van der Waals surface area (Å²) in [6, 6.07) is 2.21. The Morgan fingerprint density at radius 3 is 2.00 bits per heavy atom. The number of aromatic carboxylic acids is 2. The summed E-state index contributed by atoms with van der Waals surface area (Å²) in [5.41, 5.74) is -1.41. The molecule has 0 fully saturated rings. The van der Waals surface area contributed by atoms with E-state index in [4.69, 9.17) is 14.8 Å². The number of carboxylic acids is 2. The molecule has 17 heavy (non-hydrogen) atoms. The standard InChI is InChI=1S/C8H5O7S.K/c9-7(10)4-2-1-3-5(8(11)12)6(4)16(13,14)15;/h1-2H,(H,9,10)(H,11,12)(H,13,14,15);. The van der Waals surface area contributed by atoms with Crippen LogP contribution in [0.1, 0.15) is 20.7 Å². The fourth-order valence-corrected chi connectivity index (χ4v) is 3.59. The molecule has 86 valence electrons. The Balaban J connectivity index is 3.88. The van der Waals surface area contributed by atoms with Crippen molar-refractivity contribution in [2.24, 2.45) is 0 Å². The van der Waals surface area contributed by atoms with Gasteiger partial charge in [-0.15, -0.1) is 0 Å². The first-order valence-electron chi connectivity index (χ1n) is 4.24.